The summed E-state index contributed by atoms with van der Waals surface area (Å²) in [4.78, 5) is 0. The number of benzene rings is 2. The first-order valence-corrected chi connectivity index (χ1v) is 6.75. The van der Waals surface area contributed by atoms with E-state index in [1.54, 1.807) is 13.3 Å². The lowest BCUT2D eigenvalue weighted by Crippen LogP contribution is -1.95. The highest BCUT2D eigenvalue weighted by Gasteiger charge is 2.08. The molecule has 0 saturated heterocycles. The molecule has 0 aromatic heterocycles. The molecular weight excluding hydrogens is 328 g/mol. The third kappa shape index (κ3) is 3.49. The summed E-state index contributed by atoms with van der Waals surface area (Å²) in [5.74, 6) is 0.673. The van der Waals surface area contributed by atoms with Crippen molar-refractivity contribution >= 4 is 39.4 Å². The average molecular weight is 340 g/mol. The molecule has 0 aliphatic heterocycles. The van der Waals surface area contributed by atoms with Crippen LogP contribution in [0.3, 0.4) is 0 Å². The van der Waals surface area contributed by atoms with Crippen LogP contribution in [0.2, 0.25) is 5.02 Å². The van der Waals surface area contributed by atoms with Gasteiger partial charge in [0, 0.05) is 4.47 Å². The smallest absolute Gasteiger partial charge is 0.129 e. The van der Waals surface area contributed by atoms with Gasteiger partial charge < -0.3 is 4.74 Å². The summed E-state index contributed by atoms with van der Waals surface area (Å²) in [5.41, 5.74) is 4.56. The average Bonchev–Trinajstić information content (AvgIpc) is 2.45. The molecule has 0 unspecified atom stereocenters. The van der Waals surface area contributed by atoms with Gasteiger partial charge in [0.2, 0.25) is 0 Å². The van der Waals surface area contributed by atoms with Gasteiger partial charge in [-0.2, -0.15) is 5.10 Å². The fraction of sp³-hybridized carbons (Fsp3) is 0.0714. The van der Waals surface area contributed by atoms with E-state index >= 15 is 0 Å². The number of anilines is 1. The number of para-hydroxylation sites is 1. The molecule has 19 heavy (non-hydrogen) atoms. The van der Waals surface area contributed by atoms with E-state index in [1.807, 2.05) is 42.5 Å². The van der Waals surface area contributed by atoms with Gasteiger partial charge in [-0.15, -0.1) is 0 Å². The monoisotopic (exact) mass is 338 g/mol. The molecule has 0 atom stereocenters. The van der Waals surface area contributed by atoms with Crippen molar-refractivity contribution in [3.05, 3.63) is 57.5 Å². The Morgan fingerprint density at radius 3 is 2.63 bits per heavy atom. The zero-order chi connectivity index (χ0) is 13.7. The Labute approximate surface area is 125 Å². The lowest BCUT2D eigenvalue weighted by atomic mass is 10.2. The van der Waals surface area contributed by atoms with Crippen LogP contribution in [0.25, 0.3) is 0 Å². The molecule has 0 saturated carbocycles. The Bertz CT molecular complexity index is 587. The third-order valence-corrected chi connectivity index (χ3v) is 3.77. The Morgan fingerprint density at radius 2 is 1.95 bits per heavy atom. The van der Waals surface area contributed by atoms with Crippen molar-refractivity contribution in [2.75, 3.05) is 12.5 Å². The number of methoxy groups -OCH3 is 1. The minimum Gasteiger partial charge on any atom is -0.496 e. The number of hydrogen-bond donors (Lipinski definition) is 1. The van der Waals surface area contributed by atoms with Crippen LogP contribution < -0.4 is 10.2 Å². The van der Waals surface area contributed by atoms with Gasteiger partial charge in [-0.25, -0.2) is 0 Å². The lowest BCUT2D eigenvalue weighted by molar-refractivity contribution is 0.414. The Hall–Kier alpha value is -1.52. The minimum atomic E-state index is 0.568. The Balaban J connectivity index is 2.21. The van der Waals surface area contributed by atoms with Crippen LogP contribution in [0.4, 0.5) is 5.69 Å². The highest BCUT2D eigenvalue weighted by molar-refractivity contribution is 9.10. The molecule has 1 N–H and O–H groups in total. The highest BCUT2D eigenvalue weighted by Crippen LogP contribution is 2.31. The third-order valence-electron chi connectivity index (χ3n) is 2.47. The van der Waals surface area contributed by atoms with E-state index in [2.05, 4.69) is 26.5 Å². The van der Waals surface area contributed by atoms with Gasteiger partial charge in [-0.1, -0.05) is 29.8 Å². The molecule has 0 fully saturated rings. The first kappa shape index (κ1) is 13.9. The second kappa shape index (κ2) is 6.59. The number of rotatable bonds is 4. The number of halogens is 2. The first-order valence-electron chi connectivity index (χ1n) is 5.58. The maximum Gasteiger partial charge on any atom is 0.129 e. The number of nitrogens with zero attached hydrogens (tertiary/aromatic N) is 1. The van der Waals surface area contributed by atoms with Crippen LogP contribution >= 0.6 is 27.5 Å². The van der Waals surface area contributed by atoms with E-state index in [0.717, 1.165) is 15.7 Å². The second-order valence-corrected chi connectivity index (χ2v) is 4.95. The SMILES string of the molecule is COc1ccc(Br)c(Cl)c1C=NNc1ccccc1. The molecule has 3 nitrogen and oxygen atoms in total. The molecule has 0 amide bonds. The van der Waals surface area contributed by atoms with E-state index in [1.165, 1.54) is 0 Å². The minimum absolute atomic E-state index is 0.568. The molecule has 0 bridgehead atoms. The summed E-state index contributed by atoms with van der Waals surface area (Å²) in [7, 11) is 1.60. The predicted octanol–water partition coefficient (Wildman–Crippen LogP) is 4.56. The predicted molar refractivity (Wildman–Crippen MR) is 83.4 cm³/mol. The summed E-state index contributed by atoms with van der Waals surface area (Å²) in [6.07, 6.45) is 1.64. The van der Waals surface area contributed by atoms with Crippen LogP contribution in [0.15, 0.2) is 52.0 Å². The summed E-state index contributed by atoms with van der Waals surface area (Å²) < 4.78 is 6.06. The lowest BCUT2D eigenvalue weighted by Gasteiger charge is -2.07. The van der Waals surface area contributed by atoms with E-state index < -0.39 is 0 Å². The van der Waals surface area contributed by atoms with Gasteiger partial charge in [-0.05, 0) is 40.2 Å². The van der Waals surface area contributed by atoms with Crippen LogP contribution in [0.5, 0.6) is 5.75 Å². The number of hydrogen-bond acceptors (Lipinski definition) is 3. The molecule has 0 radical (unpaired) electrons. The topological polar surface area (TPSA) is 33.6 Å². The zero-order valence-corrected chi connectivity index (χ0v) is 12.6. The first-order chi connectivity index (χ1) is 9.22. The van der Waals surface area contributed by atoms with Crippen molar-refractivity contribution in [3.63, 3.8) is 0 Å². The van der Waals surface area contributed by atoms with Crippen molar-refractivity contribution < 1.29 is 4.74 Å². The zero-order valence-electron chi connectivity index (χ0n) is 10.2. The van der Waals surface area contributed by atoms with Crippen LogP contribution in [-0.4, -0.2) is 13.3 Å². The molecule has 2 aromatic rings. The highest BCUT2D eigenvalue weighted by atomic mass is 79.9. The van der Waals surface area contributed by atoms with E-state index in [9.17, 15) is 0 Å². The Kier molecular flexibility index (Phi) is 4.82. The molecule has 0 spiro atoms. The molecule has 0 aliphatic carbocycles. The largest absolute Gasteiger partial charge is 0.496 e. The summed E-state index contributed by atoms with van der Waals surface area (Å²) in [5, 5.41) is 4.73. The van der Waals surface area contributed by atoms with Gasteiger partial charge >= 0.3 is 0 Å². The van der Waals surface area contributed by atoms with Crippen molar-refractivity contribution in [2.45, 2.75) is 0 Å². The summed E-state index contributed by atoms with van der Waals surface area (Å²) >= 11 is 9.59. The standard InChI is InChI=1S/C14H12BrClN2O/c1-19-13-8-7-12(15)14(16)11(13)9-17-18-10-5-3-2-4-6-10/h2-9,18H,1H3. The number of nitrogens with one attached hydrogen (secondary N) is 1. The molecule has 2 rings (SSSR count). The van der Waals surface area contributed by atoms with E-state index in [-0.39, 0.29) is 0 Å². The van der Waals surface area contributed by atoms with E-state index in [0.29, 0.717) is 10.8 Å². The van der Waals surface area contributed by atoms with Crippen molar-refractivity contribution in [3.8, 4) is 5.75 Å². The second-order valence-electron chi connectivity index (χ2n) is 3.71. The molecule has 0 aliphatic rings. The van der Waals surface area contributed by atoms with Crippen LogP contribution in [-0.2, 0) is 0 Å². The van der Waals surface area contributed by atoms with E-state index in [4.69, 9.17) is 16.3 Å². The normalized spacial score (nSPS) is 10.7. The quantitative estimate of drug-likeness (QED) is 0.654. The number of hydrazone groups is 1. The van der Waals surface area contributed by atoms with Gasteiger partial charge in [0.15, 0.2) is 0 Å². The summed E-state index contributed by atoms with van der Waals surface area (Å²) in [6, 6.07) is 13.3. The van der Waals surface area contributed by atoms with Crippen molar-refractivity contribution in [1.29, 1.82) is 0 Å². The Morgan fingerprint density at radius 1 is 1.21 bits per heavy atom. The molecule has 2 aromatic carbocycles. The maximum absolute atomic E-state index is 6.21. The van der Waals surface area contributed by atoms with Crippen LogP contribution in [0.1, 0.15) is 5.56 Å². The fourth-order valence-electron chi connectivity index (χ4n) is 1.53. The van der Waals surface area contributed by atoms with Gasteiger partial charge in [0.25, 0.3) is 0 Å². The maximum atomic E-state index is 6.21. The molecule has 98 valence electrons. The van der Waals surface area contributed by atoms with Crippen molar-refractivity contribution in [1.82, 2.24) is 0 Å². The van der Waals surface area contributed by atoms with Gasteiger partial charge in [0.05, 0.1) is 29.6 Å². The fourth-order valence-corrected chi connectivity index (χ4v) is 2.08. The van der Waals surface area contributed by atoms with Crippen molar-refractivity contribution in [2.24, 2.45) is 5.10 Å². The van der Waals surface area contributed by atoms with Gasteiger partial charge in [-0.3, -0.25) is 5.43 Å². The van der Waals surface area contributed by atoms with Gasteiger partial charge in [0.1, 0.15) is 5.75 Å². The molecule has 5 heteroatoms. The van der Waals surface area contributed by atoms with Crippen LogP contribution in [0, 0.1) is 0 Å². The number of ether oxygens (including phenoxy) is 1. The molecule has 0 heterocycles. The molecular formula is C14H12BrClN2O. The summed E-state index contributed by atoms with van der Waals surface area (Å²) in [6.45, 7) is 0.